The van der Waals surface area contributed by atoms with Gasteiger partial charge in [-0.3, -0.25) is 9.48 Å². The van der Waals surface area contributed by atoms with E-state index >= 15 is 0 Å². The summed E-state index contributed by atoms with van der Waals surface area (Å²) < 4.78 is 12.7. The molecule has 1 aliphatic rings. The molecule has 1 amide bonds. The van der Waals surface area contributed by atoms with E-state index in [1.54, 1.807) is 16.8 Å². The predicted octanol–water partition coefficient (Wildman–Crippen LogP) is 3.81. The summed E-state index contributed by atoms with van der Waals surface area (Å²) in [5, 5.41) is 7.84. The maximum atomic E-state index is 12.2. The number of esters is 1. The summed E-state index contributed by atoms with van der Waals surface area (Å²) in [6, 6.07) is 12.8. The smallest absolute Gasteiger partial charge is 0.337 e. The molecule has 0 fully saturated rings. The average Bonchev–Trinajstić information content (AvgIpc) is 3.40. The van der Waals surface area contributed by atoms with Gasteiger partial charge in [-0.1, -0.05) is 23.7 Å². The van der Waals surface area contributed by atoms with E-state index in [0.29, 0.717) is 36.5 Å². The number of fused-ring (bicyclic) bond motifs is 1. The van der Waals surface area contributed by atoms with Gasteiger partial charge in [0.15, 0.2) is 0 Å². The number of hydrogen-bond donors (Lipinski definition) is 1. The maximum absolute atomic E-state index is 12.2. The Labute approximate surface area is 191 Å². The fraction of sp³-hybridized carbons (Fsp3) is 0.292. The van der Waals surface area contributed by atoms with Crippen LogP contribution >= 0.6 is 11.6 Å². The van der Waals surface area contributed by atoms with Crippen molar-refractivity contribution in [1.82, 2.24) is 15.1 Å². The summed E-state index contributed by atoms with van der Waals surface area (Å²) in [7, 11) is 1.35. The largest absolute Gasteiger partial charge is 0.487 e. The van der Waals surface area contributed by atoms with Crippen LogP contribution in [0.4, 0.5) is 0 Å². The van der Waals surface area contributed by atoms with E-state index in [-0.39, 0.29) is 18.0 Å². The van der Waals surface area contributed by atoms with E-state index in [1.165, 1.54) is 7.11 Å². The number of amides is 1. The summed E-state index contributed by atoms with van der Waals surface area (Å²) in [4.78, 5) is 23.9. The molecular formula is C24H24ClN3O4. The minimum Gasteiger partial charge on any atom is -0.487 e. The molecule has 0 unspecified atom stereocenters. The highest BCUT2D eigenvalue weighted by molar-refractivity contribution is 6.31. The van der Waals surface area contributed by atoms with Crippen molar-refractivity contribution in [2.75, 3.05) is 13.7 Å². The number of methoxy groups -OCH3 is 1. The van der Waals surface area contributed by atoms with Gasteiger partial charge in [-0.05, 0) is 42.8 Å². The lowest BCUT2D eigenvalue weighted by Gasteiger charge is -2.14. The number of halogens is 1. The summed E-state index contributed by atoms with van der Waals surface area (Å²) in [5.74, 6) is 0.323. The van der Waals surface area contributed by atoms with Crippen molar-refractivity contribution in [3.05, 3.63) is 70.5 Å². The lowest BCUT2D eigenvalue weighted by Crippen LogP contribution is -2.34. The number of carbonyl (C=O) groups is 2. The van der Waals surface area contributed by atoms with E-state index in [9.17, 15) is 9.59 Å². The molecule has 8 heteroatoms. The van der Waals surface area contributed by atoms with E-state index in [1.807, 2.05) is 43.5 Å². The van der Waals surface area contributed by atoms with Crippen LogP contribution < -0.4 is 10.1 Å². The first-order chi connectivity index (χ1) is 15.4. The van der Waals surface area contributed by atoms with Crippen LogP contribution in [0.25, 0.3) is 11.1 Å². The molecule has 2 heterocycles. The first-order valence-corrected chi connectivity index (χ1v) is 10.8. The van der Waals surface area contributed by atoms with E-state index in [0.717, 1.165) is 28.1 Å². The number of benzene rings is 2. The second-order valence-corrected chi connectivity index (χ2v) is 8.17. The highest BCUT2D eigenvalue weighted by Crippen LogP contribution is 2.41. The Hall–Kier alpha value is -3.32. The summed E-state index contributed by atoms with van der Waals surface area (Å²) in [6.45, 7) is 2.86. The zero-order valence-corrected chi connectivity index (χ0v) is 18.7. The molecule has 1 atom stereocenters. The van der Waals surface area contributed by atoms with Crippen molar-refractivity contribution >= 4 is 23.5 Å². The van der Waals surface area contributed by atoms with Gasteiger partial charge in [0, 0.05) is 41.7 Å². The third-order valence-corrected chi connectivity index (χ3v) is 5.57. The maximum Gasteiger partial charge on any atom is 0.337 e. The van der Waals surface area contributed by atoms with Crippen molar-refractivity contribution in [1.29, 1.82) is 0 Å². The Balaban J connectivity index is 1.39. The van der Waals surface area contributed by atoms with Gasteiger partial charge in [-0.15, -0.1) is 0 Å². The van der Waals surface area contributed by atoms with Crippen LogP contribution in [0.2, 0.25) is 5.02 Å². The molecule has 1 aliphatic heterocycles. The zero-order valence-electron chi connectivity index (χ0n) is 17.9. The molecule has 166 valence electrons. The van der Waals surface area contributed by atoms with Crippen LogP contribution in [-0.4, -0.2) is 41.4 Å². The fourth-order valence-corrected chi connectivity index (χ4v) is 3.99. The van der Waals surface area contributed by atoms with Gasteiger partial charge in [0.2, 0.25) is 5.91 Å². The molecule has 0 radical (unpaired) electrons. The number of aryl methyl sites for hydroxylation is 2. The van der Waals surface area contributed by atoms with Gasteiger partial charge < -0.3 is 14.8 Å². The highest BCUT2D eigenvalue weighted by Gasteiger charge is 2.27. The third kappa shape index (κ3) is 4.94. The minimum atomic E-state index is -0.386. The number of ether oxygens (including phenoxy) is 2. The third-order valence-electron chi connectivity index (χ3n) is 5.35. The first-order valence-electron chi connectivity index (χ1n) is 10.4. The van der Waals surface area contributed by atoms with Crippen molar-refractivity contribution in [3.63, 3.8) is 0 Å². The van der Waals surface area contributed by atoms with Crippen LogP contribution in [0.1, 0.15) is 28.0 Å². The number of nitrogens with one attached hydrogen (secondary N) is 1. The second-order valence-electron chi connectivity index (χ2n) is 7.73. The Morgan fingerprint density at radius 3 is 2.72 bits per heavy atom. The van der Waals surface area contributed by atoms with Crippen LogP contribution in [0.15, 0.2) is 48.7 Å². The lowest BCUT2D eigenvalue weighted by molar-refractivity contribution is -0.121. The highest BCUT2D eigenvalue weighted by atomic mass is 35.5. The molecule has 1 N–H and O–H groups in total. The van der Waals surface area contributed by atoms with Gasteiger partial charge in [-0.25, -0.2) is 4.79 Å². The number of aromatic nitrogens is 2. The molecule has 3 aromatic rings. The average molecular weight is 454 g/mol. The molecule has 0 bridgehead atoms. The van der Waals surface area contributed by atoms with Crippen molar-refractivity contribution in [2.24, 2.45) is 0 Å². The van der Waals surface area contributed by atoms with E-state index in [4.69, 9.17) is 21.1 Å². The van der Waals surface area contributed by atoms with Gasteiger partial charge >= 0.3 is 5.97 Å². The predicted molar refractivity (Wildman–Crippen MR) is 121 cm³/mol. The quantitative estimate of drug-likeness (QED) is 0.550. The molecule has 32 heavy (non-hydrogen) atoms. The van der Waals surface area contributed by atoms with Gasteiger partial charge in [0.05, 0.1) is 24.9 Å². The molecule has 2 aromatic carbocycles. The molecule has 0 spiro atoms. The molecule has 7 nitrogen and oxygen atoms in total. The van der Waals surface area contributed by atoms with Crippen LogP contribution in [-0.2, 0) is 22.5 Å². The SMILES string of the molecule is COC(=O)c1ccc(-c2cc(Cl)cc3c2O[C@@H](CNC(=O)CCn2ccc(C)n2)C3)cc1. The van der Waals surface area contributed by atoms with Crippen LogP contribution in [0.5, 0.6) is 5.75 Å². The molecule has 0 saturated carbocycles. The fourth-order valence-electron chi connectivity index (χ4n) is 3.75. The van der Waals surface area contributed by atoms with Crippen molar-refractivity contribution in [3.8, 4) is 16.9 Å². The van der Waals surface area contributed by atoms with Gasteiger partial charge in [-0.2, -0.15) is 5.10 Å². The first kappa shape index (κ1) is 21.9. The lowest BCUT2D eigenvalue weighted by atomic mass is 9.99. The zero-order chi connectivity index (χ0) is 22.7. The summed E-state index contributed by atoms with van der Waals surface area (Å²) in [5.41, 5.74) is 4.14. The number of carbonyl (C=O) groups excluding carboxylic acids is 2. The number of rotatable bonds is 7. The number of nitrogens with zero attached hydrogens (tertiary/aromatic N) is 2. The Kier molecular flexibility index (Phi) is 6.46. The molecule has 4 rings (SSSR count). The van der Waals surface area contributed by atoms with Crippen molar-refractivity contribution in [2.45, 2.75) is 32.4 Å². The summed E-state index contributed by atoms with van der Waals surface area (Å²) >= 11 is 6.35. The Morgan fingerprint density at radius 1 is 1.25 bits per heavy atom. The molecule has 0 aliphatic carbocycles. The van der Waals surface area contributed by atoms with Crippen LogP contribution in [0.3, 0.4) is 0 Å². The van der Waals surface area contributed by atoms with E-state index in [2.05, 4.69) is 10.4 Å². The van der Waals surface area contributed by atoms with Gasteiger partial charge in [0.1, 0.15) is 11.9 Å². The minimum absolute atomic E-state index is 0.0469. The topological polar surface area (TPSA) is 82.5 Å². The Morgan fingerprint density at radius 2 is 2.03 bits per heavy atom. The molecule has 1 aromatic heterocycles. The summed E-state index contributed by atoms with van der Waals surface area (Å²) in [6.07, 6.45) is 2.70. The Bertz CT molecular complexity index is 1140. The monoisotopic (exact) mass is 453 g/mol. The molecular weight excluding hydrogens is 430 g/mol. The van der Waals surface area contributed by atoms with Crippen molar-refractivity contribution < 1.29 is 19.1 Å². The normalized spacial score (nSPS) is 14.5. The second kappa shape index (κ2) is 9.44. The van der Waals surface area contributed by atoms with E-state index < -0.39 is 0 Å². The van der Waals surface area contributed by atoms with Gasteiger partial charge in [0.25, 0.3) is 0 Å². The molecule has 0 saturated heterocycles. The number of hydrogen-bond acceptors (Lipinski definition) is 5. The van der Waals surface area contributed by atoms with Crippen LogP contribution in [0, 0.1) is 6.92 Å². The standard InChI is InChI=1S/C24H24ClN3O4/c1-15-7-9-28(27-15)10-8-22(29)26-14-20-12-18-11-19(25)13-21(23(18)32-20)16-3-5-17(6-4-16)24(30)31-2/h3-7,9,11,13,20H,8,10,12,14H2,1-2H3,(H,26,29)/t20-/m1/s1.